The van der Waals surface area contributed by atoms with Gasteiger partial charge in [-0.3, -0.25) is 4.79 Å². The minimum atomic E-state index is -0.105. The number of benzene rings is 2. The molecule has 3 aromatic rings. The lowest BCUT2D eigenvalue weighted by molar-refractivity contribution is -0.113. The van der Waals surface area contributed by atoms with Gasteiger partial charge in [0, 0.05) is 17.4 Å². The number of carbonyl (C=O) groups is 1. The monoisotopic (exact) mass is 386 g/mol. The van der Waals surface area contributed by atoms with Crippen LogP contribution in [-0.2, 0) is 4.79 Å². The number of hydrogen-bond donors (Lipinski definition) is 2. The predicted molar refractivity (Wildman–Crippen MR) is 107 cm³/mol. The number of methoxy groups -OCH3 is 1. The Morgan fingerprint density at radius 2 is 2.04 bits per heavy atom. The predicted octanol–water partition coefficient (Wildman–Crippen LogP) is 4.33. The van der Waals surface area contributed by atoms with Crippen molar-refractivity contribution >= 4 is 45.5 Å². The van der Waals surface area contributed by atoms with E-state index in [-0.39, 0.29) is 11.7 Å². The minimum Gasteiger partial charge on any atom is -0.497 e. The molecule has 0 aliphatic carbocycles. The molecule has 3 rings (SSSR count). The van der Waals surface area contributed by atoms with Gasteiger partial charge < -0.3 is 15.4 Å². The van der Waals surface area contributed by atoms with Gasteiger partial charge in [-0.05, 0) is 30.7 Å². The molecular formula is C18H18N4O2S2. The summed E-state index contributed by atoms with van der Waals surface area (Å²) in [6, 6.07) is 15.2. The number of carbonyl (C=O) groups excluding carboxylic acids is 1. The van der Waals surface area contributed by atoms with Gasteiger partial charge >= 0.3 is 0 Å². The molecule has 8 heteroatoms. The van der Waals surface area contributed by atoms with Crippen molar-refractivity contribution in [3.8, 4) is 5.75 Å². The highest BCUT2D eigenvalue weighted by Crippen LogP contribution is 2.28. The molecule has 0 saturated heterocycles. The van der Waals surface area contributed by atoms with E-state index in [1.54, 1.807) is 13.2 Å². The molecule has 0 fully saturated rings. The number of anilines is 3. The number of rotatable bonds is 7. The smallest absolute Gasteiger partial charge is 0.234 e. The van der Waals surface area contributed by atoms with Crippen LogP contribution in [0.25, 0.3) is 0 Å². The molecule has 0 bridgehead atoms. The summed E-state index contributed by atoms with van der Waals surface area (Å²) in [5.74, 6) is 0.856. The highest BCUT2D eigenvalue weighted by Gasteiger charge is 2.09. The van der Waals surface area contributed by atoms with Crippen LogP contribution in [-0.4, -0.2) is 29.0 Å². The van der Waals surface area contributed by atoms with E-state index in [2.05, 4.69) is 20.8 Å². The molecule has 0 atom stereocenters. The van der Waals surface area contributed by atoms with Crippen LogP contribution in [0.2, 0.25) is 0 Å². The molecule has 26 heavy (non-hydrogen) atoms. The van der Waals surface area contributed by atoms with Gasteiger partial charge in [0.25, 0.3) is 0 Å². The Hall–Kier alpha value is -2.58. The summed E-state index contributed by atoms with van der Waals surface area (Å²) in [5.41, 5.74) is 2.83. The zero-order chi connectivity index (χ0) is 18.4. The Balaban J connectivity index is 1.52. The maximum atomic E-state index is 12.1. The first-order valence-corrected chi connectivity index (χ1v) is 9.67. The van der Waals surface area contributed by atoms with Gasteiger partial charge in [-0.15, -0.1) is 10.2 Å². The molecule has 0 aliphatic heterocycles. The van der Waals surface area contributed by atoms with Gasteiger partial charge in [0.15, 0.2) is 4.34 Å². The quantitative estimate of drug-likeness (QED) is 0.589. The highest BCUT2D eigenvalue weighted by atomic mass is 32.2. The molecule has 134 valence electrons. The Labute approximate surface area is 160 Å². The molecule has 2 N–H and O–H groups in total. The van der Waals surface area contributed by atoms with Crippen molar-refractivity contribution in [2.75, 3.05) is 23.5 Å². The Kier molecular flexibility index (Phi) is 6.08. The number of para-hydroxylation sites is 1. The van der Waals surface area contributed by atoms with Gasteiger partial charge in [-0.2, -0.15) is 0 Å². The Morgan fingerprint density at radius 3 is 2.85 bits per heavy atom. The summed E-state index contributed by atoms with van der Waals surface area (Å²) in [5, 5.41) is 15.0. The third-order valence-electron chi connectivity index (χ3n) is 3.47. The van der Waals surface area contributed by atoms with Crippen LogP contribution in [0.5, 0.6) is 5.75 Å². The molecule has 0 saturated carbocycles. The van der Waals surface area contributed by atoms with Gasteiger partial charge in [0.05, 0.1) is 12.9 Å². The normalized spacial score (nSPS) is 10.4. The Bertz CT molecular complexity index is 898. The van der Waals surface area contributed by atoms with Crippen LogP contribution in [0.4, 0.5) is 16.5 Å². The van der Waals surface area contributed by atoms with Gasteiger partial charge in [-0.25, -0.2) is 0 Å². The molecule has 1 amide bonds. The fourth-order valence-corrected chi connectivity index (χ4v) is 3.74. The zero-order valence-electron chi connectivity index (χ0n) is 14.4. The number of aryl methyl sites for hydroxylation is 1. The maximum Gasteiger partial charge on any atom is 0.234 e. The molecule has 0 radical (unpaired) electrons. The molecule has 0 unspecified atom stereocenters. The lowest BCUT2D eigenvalue weighted by Crippen LogP contribution is -2.13. The summed E-state index contributed by atoms with van der Waals surface area (Å²) >= 11 is 2.78. The fraction of sp³-hybridized carbons (Fsp3) is 0.167. The van der Waals surface area contributed by atoms with E-state index in [0.717, 1.165) is 15.6 Å². The largest absolute Gasteiger partial charge is 0.497 e. The van der Waals surface area contributed by atoms with E-state index >= 15 is 0 Å². The highest BCUT2D eigenvalue weighted by molar-refractivity contribution is 8.01. The van der Waals surface area contributed by atoms with Crippen LogP contribution in [0, 0.1) is 6.92 Å². The van der Waals surface area contributed by atoms with E-state index in [1.165, 1.54) is 23.1 Å². The zero-order valence-corrected chi connectivity index (χ0v) is 16.0. The topological polar surface area (TPSA) is 76.1 Å². The third-order valence-corrected chi connectivity index (χ3v) is 5.45. The number of thioether (sulfide) groups is 1. The van der Waals surface area contributed by atoms with Crippen molar-refractivity contribution in [3.05, 3.63) is 54.1 Å². The average molecular weight is 387 g/mol. The van der Waals surface area contributed by atoms with Gasteiger partial charge in [0.2, 0.25) is 11.0 Å². The first-order valence-electron chi connectivity index (χ1n) is 7.87. The van der Waals surface area contributed by atoms with Gasteiger partial charge in [0.1, 0.15) is 5.75 Å². The molecule has 6 nitrogen and oxygen atoms in total. The van der Waals surface area contributed by atoms with E-state index in [4.69, 9.17) is 4.74 Å². The maximum absolute atomic E-state index is 12.1. The third kappa shape index (κ3) is 4.96. The number of amides is 1. The molecule has 0 spiro atoms. The van der Waals surface area contributed by atoms with Crippen LogP contribution in [0.15, 0.2) is 52.9 Å². The summed E-state index contributed by atoms with van der Waals surface area (Å²) < 4.78 is 5.88. The van der Waals surface area contributed by atoms with E-state index in [9.17, 15) is 4.79 Å². The van der Waals surface area contributed by atoms with Crippen molar-refractivity contribution in [2.24, 2.45) is 0 Å². The summed E-state index contributed by atoms with van der Waals surface area (Å²) in [4.78, 5) is 12.1. The second-order valence-electron chi connectivity index (χ2n) is 5.38. The number of hydrogen-bond acceptors (Lipinski definition) is 7. The molecular weight excluding hydrogens is 368 g/mol. The molecule has 0 aliphatic rings. The SMILES string of the molecule is COc1cccc(NC(=O)CSc2nnc(Nc3ccccc3C)s2)c1. The standard InChI is InChI=1S/C18H18N4O2S2/c1-12-6-3-4-9-15(12)20-17-21-22-18(26-17)25-11-16(23)19-13-7-5-8-14(10-13)24-2/h3-10H,11H2,1-2H3,(H,19,23)(H,20,21). The second-order valence-corrected chi connectivity index (χ2v) is 7.58. The summed E-state index contributed by atoms with van der Waals surface area (Å²) in [6.45, 7) is 2.03. The first-order chi connectivity index (χ1) is 12.6. The van der Waals surface area contributed by atoms with Crippen molar-refractivity contribution in [1.29, 1.82) is 0 Å². The Morgan fingerprint density at radius 1 is 1.19 bits per heavy atom. The van der Waals surface area contributed by atoms with Crippen molar-refractivity contribution in [3.63, 3.8) is 0 Å². The van der Waals surface area contributed by atoms with Crippen LogP contribution in [0.3, 0.4) is 0 Å². The lowest BCUT2D eigenvalue weighted by atomic mass is 10.2. The molecule has 2 aromatic carbocycles. The summed E-state index contributed by atoms with van der Waals surface area (Å²) in [6.07, 6.45) is 0. The van der Waals surface area contributed by atoms with E-state index < -0.39 is 0 Å². The van der Waals surface area contributed by atoms with Gasteiger partial charge in [-0.1, -0.05) is 47.4 Å². The van der Waals surface area contributed by atoms with Crippen molar-refractivity contribution < 1.29 is 9.53 Å². The van der Waals surface area contributed by atoms with Crippen LogP contribution < -0.4 is 15.4 Å². The van der Waals surface area contributed by atoms with Crippen LogP contribution >= 0.6 is 23.1 Å². The fourth-order valence-electron chi connectivity index (χ4n) is 2.17. The number of nitrogens with one attached hydrogen (secondary N) is 2. The lowest BCUT2D eigenvalue weighted by Gasteiger charge is -2.06. The van der Waals surface area contributed by atoms with Crippen LogP contribution in [0.1, 0.15) is 5.56 Å². The summed E-state index contributed by atoms with van der Waals surface area (Å²) in [7, 11) is 1.59. The van der Waals surface area contributed by atoms with Crippen molar-refractivity contribution in [1.82, 2.24) is 10.2 Å². The van der Waals surface area contributed by atoms with E-state index in [1.807, 2.05) is 49.4 Å². The minimum absolute atomic E-state index is 0.105. The molecule has 1 heterocycles. The van der Waals surface area contributed by atoms with E-state index in [0.29, 0.717) is 16.6 Å². The molecule has 1 aromatic heterocycles. The number of aromatic nitrogens is 2. The number of nitrogens with zero attached hydrogens (tertiary/aromatic N) is 2. The van der Waals surface area contributed by atoms with Crippen molar-refractivity contribution in [2.45, 2.75) is 11.3 Å². The first kappa shape index (κ1) is 18.2. The second kappa shape index (κ2) is 8.68. The number of ether oxygens (including phenoxy) is 1. The average Bonchev–Trinajstić information content (AvgIpc) is 3.09.